The number of aromatic hydroxyl groups is 1. The van der Waals surface area contributed by atoms with Gasteiger partial charge in [0.2, 0.25) is 5.88 Å². The van der Waals surface area contributed by atoms with E-state index >= 15 is 0 Å². The third kappa shape index (κ3) is 3.48. The number of aromatic nitrogens is 4. The normalized spacial score (nSPS) is 12.4. The van der Waals surface area contributed by atoms with Gasteiger partial charge in [-0.2, -0.15) is 22.1 Å². The minimum Gasteiger partial charge on any atom is -0.493 e. The highest BCUT2D eigenvalue weighted by atomic mass is 32.1. The number of thiol groups is 1. The number of nitrogens with zero attached hydrogens (tertiary/aromatic N) is 4. The zero-order chi connectivity index (χ0) is 19.0. The predicted molar refractivity (Wildman–Crippen MR) is 98.9 cm³/mol. The summed E-state index contributed by atoms with van der Waals surface area (Å²) in [5.41, 5.74) is 1.28. The molecule has 2 aromatic heterocycles. The molecular weight excluding hydrogens is 370 g/mol. The van der Waals surface area contributed by atoms with Crippen molar-refractivity contribution in [2.24, 2.45) is 0 Å². The third-order valence-electron chi connectivity index (χ3n) is 4.09. The van der Waals surface area contributed by atoms with Crippen LogP contribution in [0.3, 0.4) is 0 Å². The first-order valence-corrected chi connectivity index (χ1v) is 8.65. The maximum atomic E-state index is 14.0. The molecule has 0 aliphatic rings. The zero-order valence-corrected chi connectivity index (χ0v) is 14.8. The van der Waals surface area contributed by atoms with Crippen LogP contribution in [0.25, 0.3) is 5.78 Å². The Labute approximate surface area is 158 Å². The molecule has 0 spiro atoms. The lowest BCUT2D eigenvalue weighted by atomic mass is 10.1. The van der Waals surface area contributed by atoms with Crippen LogP contribution in [0, 0.1) is 11.6 Å². The Morgan fingerprint density at radius 1 is 1.04 bits per heavy atom. The van der Waals surface area contributed by atoms with Crippen LogP contribution in [0.5, 0.6) is 5.88 Å². The van der Waals surface area contributed by atoms with E-state index in [1.165, 1.54) is 10.6 Å². The van der Waals surface area contributed by atoms with Gasteiger partial charge in [0.25, 0.3) is 5.78 Å². The van der Waals surface area contributed by atoms with Gasteiger partial charge in [-0.3, -0.25) is 0 Å². The Bertz CT molecular complexity index is 1120. The van der Waals surface area contributed by atoms with E-state index in [2.05, 4.69) is 27.7 Å². The number of halogens is 2. The van der Waals surface area contributed by atoms with Crippen molar-refractivity contribution in [3.05, 3.63) is 88.9 Å². The van der Waals surface area contributed by atoms with Crippen LogP contribution in [0.2, 0.25) is 0 Å². The Hall–Kier alpha value is -3.00. The van der Waals surface area contributed by atoms with E-state index in [0.29, 0.717) is 12.2 Å². The van der Waals surface area contributed by atoms with Crippen molar-refractivity contribution in [2.75, 3.05) is 0 Å². The molecule has 0 aliphatic carbocycles. The highest BCUT2D eigenvalue weighted by molar-refractivity contribution is 7.80. The summed E-state index contributed by atoms with van der Waals surface area (Å²) in [6, 6.07) is 14.1. The number of hydrogen-bond acceptors (Lipinski definition) is 5. The van der Waals surface area contributed by atoms with Crippen LogP contribution in [0.15, 0.2) is 54.6 Å². The molecule has 4 rings (SSSR count). The molecule has 0 bridgehead atoms. The minimum absolute atomic E-state index is 0.0265. The standard InChI is InChI=1S/C19H14F2N4OS/c20-12-6-7-14(21)13(9-12)18(27)15-10-17(26)25-19(22-15)23-16(24-25)8-11-4-2-1-3-5-11/h1-7,9-10,18,26-27H,8H2. The van der Waals surface area contributed by atoms with E-state index in [1.54, 1.807) is 0 Å². The van der Waals surface area contributed by atoms with Gasteiger partial charge >= 0.3 is 0 Å². The number of benzene rings is 2. The van der Waals surface area contributed by atoms with Crippen LogP contribution in [-0.2, 0) is 6.42 Å². The predicted octanol–water partition coefficient (Wildman–Crippen LogP) is 3.72. The summed E-state index contributed by atoms with van der Waals surface area (Å²) in [7, 11) is 0. The van der Waals surface area contributed by atoms with Crippen molar-refractivity contribution in [2.45, 2.75) is 11.7 Å². The summed E-state index contributed by atoms with van der Waals surface area (Å²) in [6.07, 6.45) is 0.474. The molecule has 1 N–H and O–H groups in total. The average molecular weight is 384 g/mol. The van der Waals surface area contributed by atoms with Crippen LogP contribution in [0.1, 0.15) is 27.9 Å². The fourth-order valence-corrected chi connectivity index (χ4v) is 3.12. The maximum Gasteiger partial charge on any atom is 0.255 e. The topological polar surface area (TPSA) is 63.3 Å². The van der Waals surface area contributed by atoms with Crippen molar-refractivity contribution in [3.63, 3.8) is 0 Å². The molecule has 27 heavy (non-hydrogen) atoms. The molecule has 0 saturated carbocycles. The average Bonchev–Trinajstić information content (AvgIpc) is 3.07. The Morgan fingerprint density at radius 3 is 2.59 bits per heavy atom. The van der Waals surface area contributed by atoms with Gasteiger partial charge in [-0.1, -0.05) is 30.3 Å². The molecule has 2 heterocycles. The van der Waals surface area contributed by atoms with Crippen LogP contribution < -0.4 is 0 Å². The second-order valence-corrected chi connectivity index (χ2v) is 6.53. The van der Waals surface area contributed by atoms with E-state index in [4.69, 9.17) is 0 Å². The fraction of sp³-hybridized carbons (Fsp3) is 0.105. The molecule has 0 radical (unpaired) electrons. The monoisotopic (exact) mass is 384 g/mol. The Morgan fingerprint density at radius 2 is 1.81 bits per heavy atom. The SMILES string of the molecule is Oc1cc(C(S)c2cc(F)ccc2F)nc2nc(Cc3ccccc3)nn12. The largest absolute Gasteiger partial charge is 0.493 e. The minimum atomic E-state index is -0.870. The lowest BCUT2D eigenvalue weighted by molar-refractivity contribution is 0.433. The highest BCUT2D eigenvalue weighted by Crippen LogP contribution is 2.31. The molecule has 5 nitrogen and oxygen atoms in total. The van der Waals surface area contributed by atoms with E-state index in [-0.39, 0.29) is 22.9 Å². The molecule has 4 aromatic rings. The molecule has 0 fully saturated rings. The van der Waals surface area contributed by atoms with E-state index < -0.39 is 16.9 Å². The van der Waals surface area contributed by atoms with Gasteiger partial charge in [0.1, 0.15) is 11.6 Å². The quantitative estimate of drug-likeness (QED) is 0.527. The van der Waals surface area contributed by atoms with E-state index in [1.807, 2.05) is 30.3 Å². The van der Waals surface area contributed by atoms with Gasteiger partial charge < -0.3 is 5.11 Å². The maximum absolute atomic E-state index is 14.0. The van der Waals surface area contributed by atoms with Gasteiger partial charge in [0, 0.05) is 18.1 Å². The Balaban J connectivity index is 1.71. The Kier molecular flexibility index (Phi) is 4.49. The zero-order valence-electron chi connectivity index (χ0n) is 13.9. The lowest BCUT2D eigenvalue weighted by Crippen LogP contribution is -2.03. The van der Waals surface area contributed by atoms with Gasteiger partial charge in [-0.15, -0.1) is 5.10 Å². The number of rotatable bonds is 4. The van der Waals surface area contributed by atoms with Crippen molar-refractivity contribution in [3.8, 4) is 5.88 Å². The van der Waals surface area contributed by atoms with Crippen molar-refractivity contribution in [1.29, 1.82) is 0 Å². The number of fused-ring (bicyclic) bond motifs is 1. The van der Waals surface area contributed by atoms with Crippen LogP contribution in [0.4, 0.5) is 8.78 Å². The van der Waals surface area contributed by atoms with Gasteiger partial charge in [0.05, 0.1) is 10.9 Å². The molecule has 0 saturated heterocycles. The molecule has 0 aliphatic heterocycles. The van der Waals surface area contributed by atoms with Gasteiger partial charge in [-0.05, 0) is 23.8 Å². The number of hydrogen-bond donors (Lipinski definition) is 2. The molecule has 1 unspecified atom stereocenters. The van der Waals surface area contributed by atoms with Crippen molar-refractivity contribution >= 4 is 18.4 Å². The summed E-state index contributed by atoms with van der Waals surface area (Å²) in [6.45, 7) is 0. The molecular formula is C19H14F2N4OS. The summed E-state index contributed by atoms with van der Waals surface area (Å²) in [4.78, 5) is 8.63. The summed E-state index contributed by atoms with van der Waals surface area (Å²) >= 11 is 4.35. The second-order valence-electron chi connectivity index (χ2n) is 6.01. The van der Waals surface area contributed by atoms with Crippen LogP contribution >= 0.6 is 12.6 Å². The van der Waals surface area contributed by atoms with Gasteiger partial charge in [-0.25, -0.2) is 13.8 Å². The highest BCUT2D eigenvalue weighted by Gasteiger charge is 2.20. The van der Waals surface area contributed by atoms with E-state index in [9.17, 15) is 13.9 Å². The van der Waals surface area contributed by atoms with Gasteiger partial charge in [0.15, 0.2) is 5.82 Å². The first-order chi connectivity index (χ1) is 13.0. The third-order valence-corrected chi connectivity index (χ3v) is 4.64. The van der Waals surface area contributed by atoms with Crippen molar-refractivity contribution in [1.82, 2.24) is 19.6 Å². The second kappa shape index (κ2) is 6.96. The molecule has 136 valence electrons. The fourth-order valence-electron chi connectivity index (χ4n) is 2.79. The lowest BCUT2D eigenvalue weighted by Gasteiger charge is -2.12. The first-order valence-electron chi connectivity index (χ1n) is 8.14. The summed E-state index contributed by atoms with van der Waals surface area (Å²) in [5, 5.41) is 13.6. The summed E-state index contributed by atoms with van der Waals surface area (Å²) < 4.78 is 28.7. The van der Waals surface area contributed by atoms with Crippen molar-refractivity contribution < 1.29 is 13.9 Å². The molecule has 0 amide bonds. The molecule has 8 heteroatoms. The molecule has 2 aromatic carbocycles. The first kappa shape index (κ1) is 17.4. The summed E-state index contributed by atoms with van der Waals surface area (Å²) in [5.74, 6) is -0.759. The smallest absolute Gasteiger partial charge is 0.255 e. The van der Waals surface area contributed by atoms with E-state index in [0.717, 1.165) is 23.8 Å². The molecule has 1 atom stereocenters. The van der Waals surface area contributed by atoms with Crippen LogP contribution in [-0.4, -0.2) is 24.7 Å².